The van der Waals surface area contributed by atoms with Gasteiger partial charge in [-0.15, -0.1) is 0 Å². The van der Waals surface area contributed by atoms with Crippen LogP contribution in [0.5, 0.6) is 0 Å². The summed E-state index contributed by atoms with van der Waals surface area (Å²) < 4.78 is 2.02. The molecule has 3 nitrogen and oxygen atoms in total. The highest BCUT2D eigenvalue weighted by Gasteiger charge is 2.20. The Balaban J connectivity index is 1.45. The zero-order chi connectivity index (χ0) is 12.2. The van der Waals surface area contributed by atoms with Crippen LogP contribution in [0.15, 0.2) is 35.3 Å². The minimum absolute atomic E-state index is 0.789. The van der Waals surface area contributed by atoms with Crippen LogP contribution >= 0.6 is 11.3 Å². The van der Waals surface area contributed by atoms with Crippen LogP contribution in [0, 0.1) is 0 Å². The molecule has 0 unspecified atom stereocenters. The molecule has 0 N–H and O–H groups in total. The molecule has 2 aromatic heterocycles. The highest BCUT2D eigenvalue weighted by atomic mass is 32.1. The fourth-order valence-corrected chi connectivity index (χ4v) is 3.42. The van der Waals surface area contributed by atoms with E-state index in [4.69, 9.17) is 0 Å². The van der Waals surface area contributed by atoms with Gasteiger partial charge in [-0.2, -0.15) is 16.4 Å². The van der Waals surface area contributed by atoms with Crippen molar-refractivity contribution in [3.05, 3.63) is 40.8 Å². The molecule has 0 bridgehead atoms. The molecule has 0 radical (unpaired) electrons. The summed E-state index contributed by atoms with van der Waals surface area (Å²) in [6, 6.07) is 4.28. The Morgan fingerprint density at radius 2 is 2.17 bits per heavy atom. The number of likely N-dealkylation sites (tertiary alicyclic amines) is 1. The van der Waals surface area contributed by atoms with Gasteiger partial charge in [-0.1, -0.05) is 0 Å². The highest BCUT2D eigenvalue weighted by molar-refractivity contribution is 7.07. The molecule has 0 aliphatic carbocycles. The van der Waals surface area contributed by atoms with E-state index in [0.717, 1.165) is 19.0 Å². The van der Waals surface area contributed by atoms with Crippen LogP contribution in [-0.4, -0.2) is 34.3 Å². The Hall–Kier alpha value is -1.13. The summed E-state index contributed by atoms with van der Waals surface area (Å²) in [5.74, 6) is 0.789. The van der Waals surface area contributed by atoms with Crippen LogP contribution in [-0.2, 0) is 6.54 Å². The first kappa shape index (κ1) is 11.9. The third-order valence-corrected chi connectivity index (χ3v) is 4.51. The quantitative estimate of drug-likeness (QED) is 0.844. The lowest BCUT2D eigenvalue weighted by Crippen LogP contribution is -2.35. The predicted octanol–water partition coefficient (Wildman–Crippen LogP) is 2.82. The normalized spacial score (nSPS) is 18.2. The van der Waals surface area contributed by atoms with Crippen LogP contribution in [0.3, 0.4) is 0 Å². The second-order valence-corrected chi connectivity index (χ2v) is 5.72. The third-order valence-electron chi connectivity index (χ3n) is 3.81. The van der Waals surface area contributed by atoms with Crippen molar-refractivity contribution in [2.24, 2.45) is 0 Å². The maximum absolute atomic E-state index is 4.25. The Kier molecular flexibility index (Phi) is 3.76. The van der Waals surface area contributed by atoms with E-state index < -0.39 is 0 Å². The molecule has 1 saturated heterocycles. The van der Waals surface area contributed by atoms with Gasteiger partial charge in [0.25, 0.3) is 0 Å². The zero-order valence-electron chi connectivity index (χ0n) is 10.5. The van der Waals surface area contributed by atoms with Gasteiger partial charge in [0.1, 0.15) is 0 Å². The van der Waals surface area contributed by atoms with Gasteiger partial charge in [-0.3, -0.25) is 4.68 Å². The molecule has 0 saturated carbocycles. The first-order chi connectivity index (χ1) is 8.92. The number of nitrogens with zero attached hydrogens (tertiary/aromatic N) is 3. The van der Waals surface area contributed by atoms with Gasteiger partial charge in [0.15, 0.2) is 0 Å². The van der Waals surface area contributed by atoms with E-state index in [2.05, 4.69) is 26.8 Å². The fourth-order valence-electron chi connectivity index (χ4n) is 2.67. The molecule has 96 valence electrons. The lowest BCUT2D eigenvalue weighted by atomic mass is 9.91. The van der Waals surface area contributed by atoms with Crippen molar-refractivity contribution >= 4 is 11.3 Å². The molecule has 0 amide bonds. The second-order valence-electron chi connectivity index (χ2n) is 4.94. The standard InChI is InChI=1S/C14H19N3S/c1-5-15-17(6-1)10-9-16-7-2-13(3-8-16)14-4-11-18-12-14/h1,4-6,11-13H,2-3,7-10H2. The van der Waals surface area contributed by atoms with E-state index in [0.29, 0.717) is 0 Å². The summed E-state index contributed by atoms with van der Waals surface area (Å²) in [7, 11) is 0. The summed E-state index contributed by atoms with van der Waals surface area (Å²) in [4.78, 5) is 2.56. The van der Waals surface area contributed by atoms with Crippen LogP contribution in [0.25, 0.3) is 0 Å². The van der Waals surface area contributed by atoms with E-state index in [1.807, 2.05) is 34.5 Å². The number of hydrogen-bond donors (Lipinski definition) is 0. The van der Waals surface area contributed by atoms with Gasteiger partial charge in [0, 0.05) is 18.9 Å². The third kappa shape index (κ3) is 2.82. The molecule has 3 heterocycles. The average molecular weight is 261 g/mol. The van der Waals surface area contributed by atoms with Crippen molar-refractivity contribution < 1.29 is 0 Å². The highest BCUT2D eigenvalue weighted by Crippen LogP contribution is 2.29. The average Bonchev–Trinajstić information content (AvgIpc) is 3.10. The topological polar surface area (TPSA) is 21.1 Å². The Bertz CT molecular complexity index is 441. The van der Waals surface area contributed by atoms with Gasteiger partial charge >= 0.3 is 0 Å². The molecule has 18 heavy (non-hydrogen) atoms. The van der Waals surface area contributed by atoms with E-state index in [1.54, 1.807) is 5.56 Å². The lowest BCUT2D eigenvalue weighted by Gasteiger charge is -2.31. The Labute approximate surface area is 112 Å². The zero-order valence-corrected chi connectivity index (χ0v) is 11.4. The summed E-state index contributed by atoms with van der Waals surface area (Å²) in [6.07, 6.45) is 6.49. The minimum Gasteiger partial charge on any atom is -0.301 e. The molecule has 1 aliphatic rings. The first-order valence-corrected chi connectivity index (χ1v) is 7.58. The molecule has 0 aromatic carbocycles. The van der Waals surface area contributed by atoms with Crippen molar-refractivity contribution in [3.8, 4) is 0 Å². The van der Waals surface area contributed by atoms with Crippen molar-refractivity contribution in [2.45, 2.75) is 25.3 Å². The van der Waals surface area contributed by atoms with E-state index in [-0.39, 0.29) is 0 Å². The summed E-state index contributed by atoms with van der Waals surface area (Å²) >= 11 is 1.82. The molecular weight excluding hydrogens is 242 g/mol. The van der Waals surface area contributed by atoms with Crippen molar-refractivity contribution in [1.82, 2.24) is 14.7 Å². The minimum atomic E-state index is 0.789. The monoisotopic (exact) mass is 261 g/mol. The van der Waals surface area contributed by atoms with E-state index in [1.165, 1.54) is 25.9 Å². The van der Waals surface area contributed by atoms with Crippen LogP contribution in [0.1, 0.15) is 24.3 Å². The lowest BCUT2D eigenvalue weighted by molar-refractivity contribution is 0.203. The van der Waals surface area contributed by atoms with E-state index >= 15 is 0 Å². The van der Waals surface area contributed by atoms with Crippen LogP contribution in [0.4, 0.5) is 0 Å². The van der Waals surface area contributed by atoms with Crippen LogP contribution < -0.4 is 0 Å². The molecule has 0 spiro atoms. The van der Waals surface area contributed by atoms with Gasteiger partial charge in [-0.25, -0.2) is 0 Å². The fraction of sp³-hybridized carbons (Fsp3) is 0.500. The molecule has 3 rings (SSSR count). The SMILES string of the molecule is c1cnn(CCN2CCC(c3ccsc3)CC2)c1. The smallest absolute Gasteiger partial charge is 0.0536 e. The van der Waals surface area contributed by atoms with Gasteiger partial charge in [0.2, 0.25) is 0 Å². The van der Waals surface area contributed by atoms with E-state index in [9.17, 15) is 0 Å². The number of thiophene rings is 1. The van der Waals surface area contributed by atoms with Gasteiger partial charge in [0.05, 0.1) is 6.54 Å². The maximum Gasteiger partial charge on any atom is 0.0536 e. The molecule has 4 heteroatoms. The molecular formula is C14H19N3S. The summed E-state index contributed by atoms with van der Waals surface area (Å²) in [6.45, 7) is 4.58. The number of piperidine rings is 1. The van der Waals surface area contributed by atoms with Gasteiger partial charge in [-0.05, 0) is 60.3 Å². The second kappa shape index (κ2) is 5.67. The number of hydrogen-bond acceptors (Lipinski definition) is 3. The van der Waals surface area contributed by atoms with Crippen molar-refractivity contribution in [2.75, 3.05) is 19.6 Å². The van der Waals surface area contributed by atoms with Crippen LogP contribution in [0.2, 0.25) is 0 Å². The van der Waals surface area contributed by atoms with Crippen molar-refractivity contribution in [3.63, 3.8) is 0 Å². The Morgan fingerprint density at radius 1 is 1.28 bits per heavy atom. The first-order valence-electron chi connectivity index (χ1n) is 6.64. The molecule has 1 fully saturated rings. The predicted molar refractivity (Wildman–Crippen MR) is 75.0 cm³/mol. The van der Waals surface area contributed by atoms with Gasteiger partial charge < -0.3 is 4.90 Å². The Morgan fingerprint density at radius 3 is 2.83 bits per heavy atom. The number of rotatable bonds is 4. The molecule has 2 aromatic rings. The largest absolute Gasteiger partial charge is 0.301 e. The molecule has 0 atom stereocenters. The molecule has 1 aliphatic heterocycles. The summed E-state index contributed by atoms with van der Waals surface area (Å²) in [5.41, 5.74) is 1.55. The number of aromatic nitrogens is 2. The summed E-state index contributed by atoms with van der Waals surface area (Å²) in [5, 5.41) is 8.75. The maximum atomic E-state index is 4.25. The van der Waals surface area contributed by atoms with Crippen molar-refractivity contribution in [1.29, 1.82) is 0 Å².